The van der Waals surface area contributed by atoms with Gasteiger partial charge in [-0.25, -0.2) is 0 Å². The fraction of sp³-hybridized carbons (Fsp3) is 0.533. The molecule has 1 rings (SSSR count). The number of benzene rings is 1. The van der Waals surface area contributed by atoms with Crippen molar-refractivity contribution in [3.8, 4) is 11.5 Å². The summed E-state index contributed by atoms with van der Waals surface area (Å²) in [5.74, 6) is 1.97. The molecule has 1 aromatic carbocycles. The molecule has 0 saturated heterocycles. The molecule has 0 amide bonds. The highest BCUT2D eigenvalue weighted by atomic mass is 16.5. The number of hydrogen-bond donors (Lipinski definition) is 2. The molecule has 1 aromatic rings. The zero-order valence-electron chi connectivity index (χ0n) is 12.8. The van der Waals surface area contributed by atoms with Gasteiger partial charge < -0.3 is 25.3 Å². The van der Waals surface area contributed by atoms with Crippen molar-refractivity contribution < 1.29 is 14.2 Å². The third-order valence-corrected chi connectivity index (χ3v) is 2.65. The van der Waals surface area contributed by atoms with E-state index in [1.54, 1.807) is 7.11 Å². The Morgan fingerprint density at radius 2 is 2.10 bits per heavy atom. The van der Waals surface area contributed by atoms with Crippen LogP contribution in [0.5, 0.6) is 11.5 Å². The number of guanidine groups is 1. The van der Waals surface area contributed by atoms with Crippen LogP contribution in [-0.2, 0) is 4.74 Å². The minimum Gasteiger partial charge on any atom is -0.497 e. The van der Waals surface area contributed by atoms with Crippen LogP contribution in [0.25, 0.3) is 0 Å². The molecule has 118 valence electrons. The lowest BCUT2D eigenvalue weighted by molar-refractivity contribution is 0.146. The fourth-order valence-electron chi connectivity index (χ4n) is 1.61. The molecule has 6 heteroatoms. The van der Waals surface area contributed by atoms with Gasteiger partial charge in [0.25, 0.3) is 0 Å². The van der Waals surface area contributed by atoms with Crippen LogP contribution in [-0.4, -0.2) is 46.0 Å². The first-order chi connectivity index (χ1) is 10.3. The van der Waals surface area contributed by atoms with Gasteiger partial charge in [0.15, 0.2) is 5.96 Å². The lowest BCUT2D eigenvalue weighted by Crippen LogP contribution is -2.34. The zero-order chi connectivity index (χ0) is 15.3. The summed E-state index contributed by atoms with van der Waals surface area (Å²) in [4.78, 5) is 4.20. The van der Waals surface area contributed by atoms with Crippen molar-refractivity contribution in [1.29, 1.82) is 0 Å². The number of rotatable bonds is 10. The SMILES string of the molecule is CCOCCCN=C(N)NCCOc1cccc(OC)c1. The summed E-state index contributed by atoms with van der Waals surface area (Å²) in [5.41, 5.74) is 5.74. The highest BCUT2D eigenvalue weighted by Gasteiger charge is 1.97. The first-order valence-electron chi connectivity index (χ1n) is 7.14. The summed E-state index contributed by atoms with van der Waals surface area (Å²) in [6, 6.07) is 7.48. The summed E-state index contributed by atoms with van der Waals surface area (Å²) < 4.78 is 15.9. The van der Waals surface area contributed by atoms with Crippen molar-refractivity contribution in [2.75, 3.05) is 40.0 Å². The lowest BCUT2D eigenvalue weighted by atomic mass is 10.3. The van der Waals surface area contributed by atoms with Gasteiger partial charge in [-0.05, 0) is 25.5 Å². The summed E-state index contributed by atoms with van der Waals surface area (Å²) in [5, 5.41) is 3.00. The van der Waals surface area contributed by atoms with E-state index in [4.69, 9.17) is 19.9 Å². The Balaban J connectivity index is 2.13. The van der Waals surface area contributed by atoms with Crippen molar-refractivity contribution in [3.63, 3.8) is 0 Å². The molecule has 0 aromatic heterocycles. The third-order valence-electron chi connectivity index (χ3n) is 2.65. The Labute approximate surface area is 126 Å². The average Bonchev–Trinajstić information content (AvgIpc) is 2.51. The molecule has 3 N–H and O–H groups in total. The third kappa shape index (κ3) is 8.04. The standard InChI is InChI=1S/C15H25N3O3/c1-3-20-10-5-8-17-15(16)18-9-11-21-14-7-4-6-13(12-14)19-2/h4,6-7,12H,3,5,8-11H2,1-2H3,(H3,16,17,18). The molecule has 0 aliphatic rings. The predicted octanol–water partition coefficient (Wildman–Crippen LogP) is 1.40. The van der Waals surface area contributed by atoms with Gasteiger partial charge >= 0.3 is 0 Å². The van der Waals surface area contributed by atoms with Crippen molar-refractivity contribution in [2.24, 2.45) is 10.7 Å². The van der Waals surface area contributed by atoms with Gasteiger partial charge in [0, 0.05) is 25.8 Å². The number of methoxy groups -OCH3 is 1. The van der Waals surface area contributed by atoms with E-state index >= 15 is 0 Å². The number of nitrogens with zero attached hydrogens (tertiary/aromatic N) is 1. The topological polar surface area (TPSA) is 78.1 Å². The van der Waals surface area contributed by atoms with E-state index in [2.05, 4.69) is 10.3 Å². The van der Waals surface area contributed by atoms with Gasteiger partial charge in [-0.3, -0.25) is 4.99 Å². The molecule has 0 heterocycles. The van der Waals surface area contributed by atoms with Crippen LogP contribution in [0, 0.1) is 0 Å². The highest BCUT2D eigenvalue weighted by Crippen LogP contribution is 2.18. The maximum Gasteiger partial charge on any atom is 0.188 e. The molecule has 0 bridgehead atoms. The van der Waals surface area contributed by atoms with E-state index in [1.165, 1.54) is 0 Å². The second-order valence-electron chi connectivity index (χ2n) is 4.27. The van der Waals surface area contributed by atoms with Crippen LogP contribution in [0.3, 0.4) is 0 Å². The fourth-order valence-corrected chi connectivity index (χ4v) is 1.61. The van der Waals surface area contributed by atoms with Crippen LogP contribution in [0.1, 0.15) is 13.3 Å². The molecule has 0 fully saturated rings. The number of nitrogens with two attached hydrogens (primary N) is 1. The molecule has 21 heavy (non-hydrogen) atoms. The van der Waals surface area contributed by atoms with E-state index < -0.39 is 0 Å². The van der Waals surface area contributed by atoms with Crippen LogP contribution < -0.4 is 20.5 Å². The molecule has 0 radical (unpaired) electrons. The van der Waals surface area contributed by atoms with E-state index in [1.807, 2.05) is 31.2 Å². The van der Waals surface area contributed by atoms with Gasteiger partial charge in [0.1, 0.15) is 18.1 Å². The smallest absolute Gasteiger partial charge is 0.188 e. The summed E-state index contributed by atoms with van der Waals surface area (Å²) in [6.45, 7) is 5.18. The van der Waals surface area contributed by atoms with Gasteiger partial charge in [-0.15, -0.1) is 0 Å². The molecule has 0 aliphatic carbocycles. The predicted molar refractivity (Wildman–Crippen MR) is 84.1 cm³/mol. The highest BCUT2D eigenvalue weighted by molar-refractivity contribution is 5.77. The number of nitrogens with one attached hydrogen (secondary N) is 1. The Hall–Kier alpha value is -1.95. The largest absolute Gasteiger partial charge is 0.497 e. The van der Waals surface area contributed by atoms with Gasteiger partial charge in [0.2, 0.25) is 0 Å². The lowest BCUT2D eigenvalue weighted by Gasteiger charge is -2.09. The summed E-state index contributed by atoms with van der Waals surface area (Å²) in [6.07, 6.45) is 0.872. The van der Waals surface area contributed by atoms with E-state index in [0.717, 1.165) is 24.5 Å². The van der Waals surface area contributed by atoms with E-state index in [9.17, 15) is 0 Å². The zero-order valence-corrected chi connectivity index (χ0v) is 12.8. The average molecular weight is 295 g/mol. The minimum atomic E-state index is 0.431. The molecule has 0 saturated carbocycles. The number of aliphatic imine (C=N–C) groups is 1. The first-order valence-corrected chi connectivity index (χ1v) is 7.14. The van der Waals surface area contributed by atoms with Gasteiger partial charge in [-0.1, -0.05) is 6.07 Å². The monoisotopic (exact) mass is 295 g/mol. The Morgan fingerprint density at radius 1 is 1.29 bits per heavy atom. The second-order valence-corrected chi connectivity index (χ2v) is 4.27. The van der Waals surface area contributed by atoms with E-state index in [-0.39, 0.29) is 0 Å². The maximum atomic E-state index is 5.74. The Kier molecular flexibility index (Phi) is 8.79. The van der Waals surface area contributed by atoms with Crippen molar-refractivity contribution in [2.45, 2.75) is 13.3 Å². The molecule has 0 aliphatic heterocycles. The minimum absolute atomic E-state index is 0.431. The second kappa shape index (κ2) is 10.8. The molecule has 0 spiro atoms. The van der Waals surface area contributed by atoms with Gasteiger partial charge in [-0.2, -0.15) is 0 Å². The summed E-state index contributed by atoms with van der Waals surface area (Å²) in [7, 11) is 1.63. The maximum absolute atomic E-state index is 5.74. The molecule has 6 nitrogen and oxygen atoms in total. The summed E-state index contributed by atoms with van der Waals surface area (Å²) >= 11 is 0. The van der Waals surface area contributed by atoms with Crippen LogP contribution >= 0.6 is 0 Å². The van der Waals surface area contributed by atoms with E-state index in [0.29, 0.717) is 32.3 Å². The molecule has 0 atom stereocenters. The molecule has 0 unspecified atom stereocenters. The quantitative estimate of drug-likeness (QED) is 0.387. The Morgan fingerprint density at radius 3 is 2.86 bits per heavy atom. The van der Waals surface area contributed by atoms with Crippen LogP contribution in [0.4, 0.5) is 0 Å². The number of hydrogen-bond acceptors (Lipinski definition) is 4. The Bertz CT molecular complexity index is 424. The molecular formula is C15H25N3O3. The first kappa shape index (κ1) is 17.1. The van der Waals surface area contributed by atoms with Crippen LogP contribution in [0.15, 0.2) is 29.3 Å². The van der Waals surface area contributed by atoms with Crippen molar-refractivity contribution >= 4 is 5.96 Å². The normalized spacial score (nSPS) is 11.2. The van der Waals surface area contributed by atoms with Crippen LogP contribution in [0.2, 0.25) is 0 Å². The van der Waals surface area contributed by atoms with Gasteiger partial charge in [0.05, 0.1) is 13.7 Å². The van der Waals surface area contributed by atoms with Crippen molar-refractivity contribution in [3.05, 3.63) is 24.3 Å². The number of ether oxygens (including phenoxy) is 3. The van der Waals surface area contributed by atoms with Crippen molar-refractivity contribution in [1.82, 2.24) is 5.32 Å². The molecular weight excluding hydrogens is 270 g/mol.